The fourth-order valence-corrected chi connectivity index (χ4v) is 11.0. The highest BCUT2D eigenvalue weighted by molar-refractivity contribution is 5.87. The zero-order valence-corrected chi connectivity index (χ0v) is 29.2. The van der Waals surface area contributed by atoms with Crippen molar-refractivity contribution in [3.05, 3.63) is 162 Å². The maximum absolute atomic E-state index is 2.48. The van der Waals surface area contributed by atoms with Gasteiger partial charge in [0.15, 0.2) is 0 Å². The van der Waals surface area contributed by atoms with Crippen LogP contribution in [-0.4, -0.2) is 0 Å². The van der Waals surface area contributed by atoms with Crippen molar-refractivity contribution in [3.63, 3.8) is 0 Å². The van der Waals surface area contributed by atoms with Gasteiger partial charge < -0.3 is 4.90 Å². The summed E-state index contributed by atoms with van der Waals surface area (Å²) in [6, 6.07) is 54.6. The van der Waals surface area contributed by atoms with Crippen LogP contribution in [0.4, 0.5) is 17.1 Å². The lowest BCUT2D eigenvalue weighted by Crippen LogP contribution is -2.43. The Morgan fingerprint density at radius 2 is 0.940 bits per heavy atom. The highest BCUT2D eigenvalue weighted by Crippen LogP contribution is 2.60. The Morgan fingerprint density at radius 1 is 0.440 bits per heavy atom. The normalized spacial score (nSPS) is 23.8. The topological polar surface area (TPSA) is 3.24 Å². The van der Waals surface area contributed by atoms with Gasteiger partial charge in [0.1, 0.15) is 0 Å². The van der Waals surface area contributed by atoms with Crippen molar-refractivity contribution in [2.75, 3.05) is 4.90 Å². The molecule has 0 spiro atoms. The Morgan fingerprint density at radius 3 is 1.58 bits per heavy atom. The van der Waals surface area contributed by atoms with E-state index in [-0.39, 0.29) is 5.41 Å². The molecule has 50 heavy (non-hydrogen) atoms. The number of hydrogen-bond acceptors (Lipinski definition) is 1. The molecule has 4 fully saturated rings. The van der Waals surface area contributed by atoms with E-state index in [0.717, 1.165) is 29.6 Å². The van der Waals surface area contributed by atoms with Crippen molar-refractivity contribution in [2.24, 2.45) is 23.7 Å². The van der Waals surface area contributed by atoms with Crippen molar-refractivity contribution in [1.82, 2.24) is 0 Å². The van der Waals surface area contributed by atoms with E-state index >= 15 is 0 Å². The van der Waals surface area contributed by atoms with Crippen LogP contribution >= 0.6 is 0 Å². The monoisotopic (exact) mass is 647 g/mol. The van der Waals surface area contributed by atoms with Gasteiger partial charge >= 0.3 is 0 Å². The third-order valence-electron chi connectivity index (χ3n) is 13.0. The van der Waals surface area contributed by atoms with Crippen molar-refractivity contribution >= 4 is 17.1 Å². The molecule has 0 amide bonds. The van der Waals surface area contributed by atoms with E-state index in [4.69, 9.17) is 0 Å². The second-order valence-electron chi connectivity index (χ2n) is 16.2. The predicted molar refractivity (Wildman–Crippen MR) is 209 cm³/mol. The fourth-order valence-electron chi connectivity index (χ4n) is 11.0. The Balaban J connectivity index is 1.05. The van der Waals surface area contributed by atoms with Gasteiger partial charge in [-0.1, -0.05) is 123 Å². The second-order valence-corrected chi connectivity index (χ2v) is 16.2. The number of anilines is 3. The zero-order valence-electron chi connectivity index (χ0n) is 29.2. The number of fused-ring (bicyclic) bond motifs is 3. The molecule has 5 aliphatic rings. The summed E-state index contributed by atoms with van der Waals surface area (Å²) in [5, 5.41) is 0. The molecule has 0 aromatic heterocycles. The lowest BCUT2D eigenvalue weighted by atomic mass is 9.51. The molecule has 4 saturated carbocycles. The molecular formula is C49H45N. The Bertz CT molecular complexity index is 2160. The van der Waals surface area contributed by atoms with Crippen molar-refractivity contribution < 1.29 is 0 Å². The smallest absolute Gasteiger partial charge is 0.0465 e. The van der Waals surface area contributed by atoms with Crippen LogP contribution in [-0.2, 0) is 5.41 Å². The molecule has 0 atom stereocenters. The van der Waals surface area contributed by atoms with Crippen molar-refractivity contribution in [1.29, 1.82) is 0 Å². The molecule has 0 heterocycles. The number of hydrogen-bond donors (Lipinski definition) is 0. The molecule has 0 N–H and O–H groups in total. The van der Waals surface area contributed by atoms with E-state index in [1.165, 1.54) is 93.7 Å². The van der Waals surface area contributed by atoms with Gasteiger partial charge in [-0.3, -0.25) is 0 Å². The third-order valence-corrected chi connectivity index (χ3v) is 13.0. The first kappa shape index (κ1) is 30.0. The van der Waals surface area contributed by atoms with Gasteiger partial charge in [-0.15, -0.1) is 0 Å². The Labute approximate surface area is 297 Å². The van der Waals surface area contributed by atoms with Crippen LogP contribution in [0.5, 0.6) is 0 Å². The van der Waals surface area contributed by atoms with E-state index in [9.17, 15) is 0 Å². The molecule has 246 valence electrons. The first-order chi connectivity index (χ1) is 24.5. The average molecular weight is 648 g/mol. The summed E-state index contributed by atoms with van der Waals surface area (Å²) in [6.45, 7) is 4.76. The number of rotatable bonds is 6. The third kappa shape index (κ3) is 4.81. The Hall–Kier alpha value is -4.88. The molecule has 4 bridgehead atoms. The highest BCUT2D eigenvalue weighted by atomic mass is 15.1. The standard InChI is InChI=1S/C49H45N/c1-49(2)46-15-9-8-14-44(46)45-25-24-41(31-47(45)49)50(40-22-18-36(19-23-40)48-37-27-32-26-33(29-37)30-38(48)28-32)39-20-16-35(17-21-39)43-13-7-6-12-42(43)34-10-4-3-5-11-34/h3-25,31-33,37-38,48H,26-30H2,1-2H3. The molecule has 0 unspecified atom stereocenters. The van der Waals surface area contributed by atoms with Gasteiger partial charge in [-0.25, -0.2) is 0 Å². The summed E-state index contributed by atoms with van der Waals surface area (Å²) in [5.74, 6) is 4.52. The molecule has 6 aromatic rings. The summed E-state index contributed by atoms with van der Waals surface area (Å²) in [6.07, 6.45) is 7.33. The molecule has 11 rings (SSSR count). The van der Waals surface area contributed by atoms with Gasteiger partial charge in [-0.2, -0.15) is 0 Å². The van der Waals surface area contributed by atoms with Gasteiger partial charge in [-0.05, 0) is 148 Å². The largest absolute Gasteiger partial charge is 0.310 e. The van der Waals surface area contributed by atoms with Gasteiger partial charge in [0, 0.05) is 22.5 Å². The molecule has 0 aliphatic heterocycles. The predicted octanol–water partition coefficient (Wildman–Crippen LogP) is 13.3. The first-order valence-corrected chi connectivity index (χ1v) is 18.9. The lowest BCUT2D eigenvalue weighted by molar-refractivity contribution is -0.00277. The zero-order chi connectivity index (χ0) is 33.4. The molecular weight excluding hydrogens is 603 g/mol. The van der Waals surface area contributed by atoms with Gasteiger partial charge in [0.25, 0.3) is 0 Å². The van der Waals surface area contributed by atoms with Gasteiger partial charge in [0.05, 0.1) is 0 Å². The molecule has 0 saturated heterocycles. The second kappa shape index (κ2) is 11.6. The van der Waals surface area contributed by atoms with Crippen molar-refractivity contribution in [3.8, 4) is 33.4 Å². The van der Waals surface area contributed by atoms with Crippen LogP contribution in [0.1, 0.15) is 68.6 Å². The summed E-state index contributed by atoms with van der Waals surface area (Å²) in [7, 11) is 0. The SMILES string of the molecule is CC1(C)c2ccccc2-c2ccc(N(c3ccc(-c4ccccc4-c4ccccc4)cc3)c3ccc(C4C5CC6CC(C5)CC4C6)cc3)cc21. The van der Waals surface area contributed by atoms with Crippen molar-refractivity contribution in [2.45, 2.75) is 57.3 Å². The van der Waals surface area contributed by atoms with Crippen LogP contribution in [0.15, 0.2) is 146 Å². The van der Waals surface area contributed by atoms with E-state index < -0.39 is 0 Å². The van der Waals surface area contributed by atoms with E-state index in [1.807, 2.05) is 0 Å². The molecule has 5 aliphatic carbocycles. The number of benzene rings is 6. The van der Waals surface area contributed by atoms with Crippen LogP contribution in [0.25, 0.3) is 33.4 Å². The molecule has 6 aromatic carbocycles. The maximum Gasteiger partial charge on any atom is 0.0465 e. The minimum absolute atomic E-state index is 0.0536. The summed E-state index contributed by atoms with van der Waals surface area (Å²) < 4.78 is 0. The van der Waals surface area contributed by atoms with Crippen LogP contribution in [0, 0.1) is 23.7 Å². The molecule has 1 heteroatoms. The van der Waals surface area contributed by atoms with E-state index in [0.29, 0.717) is 0 Å². The van der Waals surface area contributed by atoms with Gasteiger partial charge in [0.2, 0.25) is 0 Å². The maximum atomic E-state index is 2.48. The molecule has 1 nitrogen and oxygen atoms in total. The first-order valence-electron chi connectivity index (χ1n) is 18.9. The Kier molecular flexibility index (Phi) is 6.95. The van der Waals surface area contributed by atoms with Crippen LogP contribution < -0.4 is 4.90 Å². The van der Waals surface area contributed by atoms with E-state index in [1.54, 1.807) is 5.56 Å². The van der Waals surface area contributed by atoms with Crippen LogP contribution in [0.2, 0.25) is 0 Å². The lowest BCUT2D eigenvalue weighted by Gasteiger charge is -2.54. The minimum Gasteiger partial charge on any atom is -0.310 e. The number of nitrogens with zero attached hydrogens (tertiary/aromatic N) is 1. The van der Waals surface area contributed by atoms with E-state index in [2.05, 4.69) is 164 Å². The minimum atomic E-state index is -0.0536. The summed E-state index contributed by atoms with van der Waals surface area (Å²) in [4.78, 5) is 2.48. The summed E-state index contributed by atoms with van der Waals surface area (Å²) in [5.41, 5.74) is 15.7. The quantitative estimate of drug-likeness (QED) is 0.174. The molecule has 0 radical (unpaired) electrons. The highest BCUT2D eigenvalue weighted by Gasteiger charge is 2.48. The van der Waals surface area contributed by atoms with Crippen LogP contribution in [0.3, 0.4) is 0 Å². The summed E-state index contributed by atoms with van der Waals surface area (Å²) >= 11 is 0. The fraction of sp³-hybridized carbons (Fsp3) is 0.265. The average Bonchev–Trinajstić information content (AvgIpc) is 3.38.